The molecule has 4 radical (unpaired) electrons. The number of aliphatic hydroxyl groups is 1. The zero-order valence-corrected chi connectivity index (χ0v) is 9.96. The van der Waals surface area contributed by atoms with E-state index in [9.17, 15) is 5.11 Å². The molecule has 1 nitrogen and oxygen atoms in total. The molecule has 0 rings (SSSR count). The fourth-order valence-corrected chi connectivity index (χ4v) is 0.250. The van der Waals surface area contributed by atoms with E-state index < -0.39 is 5.60 Å². The van der Waals surface area contributed by atoms with E-state index in [-0.39, 0.29) is 29.3 Å². The summed E-state index contributed by atoms with van der Waals surface area (Å²) in [6.07, 6.45) is 1.33. The van der Waals surface area contributed by atoms with Crippen molar-refractivity contribution in [3.8, 4) is 0 Å². The molecule has 1 N–H and O–H groups in total. The molecule has 0 aliphatic heterocycles. The van der Waals surface area contributed by atoms with Gasteiger partial charge in [-0.3, -0.25) is 0 Å². The van der Waals surface area contributed by atoms with Crippen LogP contribution in [0.4, 0.5) is 0 Å². The van der Waals surface area contributed by atoms with Crippen molar-refractivity contribution < 1.29 is 5.11 Å². The second kappa shape index (κ2) is 3.70. The average Bonchev–Trinajstić information content (AvgIpc) is 1.64. The third-order valence-corrected chi connectivity index (χ3v) is 1.84. The molecule has 0 spiro atoms. The van der Waals surface area contributed by atoms with Crippen LogP contribution in [0.25, 0.3) is 0 Å². The van der Waals surface area contributed by atoms with Crippen LogP contribution in [0.1, 0.15) is 27.7 Å². The van der Waals surface area contributed by atoms with E-state index >= 15 is 0 Å². The van der Waals surface area contributed by atoms with Gasteiger partial charge in [-0.05, 0) is 12.3 Å². The maximum absolute atomic E-state index is 9.48. The summed E-state index contributed by atoms with van der Waals surface area (Å²) >= 11 is 0. The van der Waals surface area contributed by atoms with Crippen molar-refractivity contribution in [3.05, 3.63) is 12.7 Å². The van der Waals surface area contributed by atoms with E-state index in [4.69, 9.17) is 6.58 Å². The third-order valence-electron chi connectivity index (χ3n) is 1.84. The molecule has 0 amide bonds. The molecule has 0 fully saturated rings. The predicted octanol–water partition coefficient (Wildman–Crippen LogP) is 1.39. The first kappa shape index (κ1) is 13.0. The van der Waals surface area contributed by atoms with Crippen LogP contribution < -0.4 is 0 Å². The van der Waals surface area contributed by atoms with Gasteiger partial charge in [0.1, 0.15) is 5.60 Å². The minimum atomic E-state index is -0.868. The van der Waals surface area contributed by atoms with Crippen molar-refractivity contribution in [3.63, 3.8) is 0 Å². The fraction of sp³-hybridized carbons (Fsp3) is 0.750. The van der Waals surface area contributed by atoms with E-state index in [0.29, 0.717) is 0 Å². The van der Waals surface area contributed by atoms with Gasteiger partial charge in [-0.15, -0.1) is 0 Å². The summed E-state index contributed by atoms with van der Waals surface area (Å²) in [5.74, 6) is 0. The first-order valence-corrected chi connectivity index (χ1v) is 3.10. The van der Waals surface area contributed by atoms with Crippen molar-refractivity contribution in [1.29, 1.82) is 0 Å². The molecule has 1 atom stereocenters. The summed E-state index contributed by atoms with van der Waals surface area (Å²) < 4.78 is 0. The van der Waals surface area contributed by atoms with E-state index in [1.165, 1.54) is 6.08 Å². The average molecular weight is 246 g/mol. The molecule has 0 aliphatic carbocycles. The van der Waals surface area contributed by atoms with Gasteiger partial charge in [0, 0.05) is 23.9 Å². The normalized spacial score (nSPS) is 16.8. The van der Waals surface area contributed by atoms with Crippen LogP contribution in [0.3, 0.4) is 0 Å². The fourth-order valence-electron chi connectivity index (χ4n) is 0.250. The summed E-state index contributed by atoms with van der Waals surface area (Å²) in [5, 5.41) is 9.48. The molecule has 0 aliphatic rings. The minimum absolute atomic E-state index is 0. The Hall–Kier alpha value is 0.409. The molecule has 0 aromatic rings. The molecule has 0 heterocycles. The number of rotatable bonds is 1. The summed E-state index contributed by atoms with van der Waals surface area (Å²) in [6, 6.07) is 0. The smallest absolute Gasteiger partial charge is 0.204 e. The Kier molecular flexibility index (Phi) is 4.82. The summed E-state index contributed by atoms with van der Waals surface area (Å²) in [7, 11) is 0. The van der Waals surface area contributed by atoms with Crippen molar-refractivity contribution in [1.82, 2.24) is 0 Å². The maximum atomic E-state index is 9.48. The molecule has 0 aromatic heterocycles. The Balaban J connectivity index is 0. The molecule has 0 saturated carbocycles. The SMILES string of the molecule is [CH+]=CC(C)(O)C(C)(C)C.[Sn]. The van der Waals surface area contributed by atoms with Crippen LogP contribution in [-0.4, -0.2) is 34.6 Å². The van der Waals surface area contributed by atoms with Crippen LogP contribution in [0, 0.1) is 12.0 Å². The van der Waals surface area contributed by atoms with Gasteiger partial charge in [-0.1, -0.05) is 20.8 Å². The minimum Gasteiger partial charge on any atom is -0.381 e. The van der Waals surface area contributed by atoms with Crippen molar-refractivity contribution in [2.45, 2.75) is 33.3 Å². The third kappa shape index (κ3) is 3.00. The summed E-state index contributed by atoms with van der Waals surface area (Å²) in [5.41, 5.74) is -1.05. The number of hydrogen-bond donors (Lipinski definition) is 1. The summed E-state index contributed by atoms with van der Waals surface area (Å²) in [4.78, 5) is 0. The Morgan fingerprint density at radius 1 is 1.20 bits per heavy atom. The first-order chi connectivity index (χ1) is 3.81. The topological polar surface area (TPSA) is 20.2 Å². The van der Waals surface area contributed by atoms with Crippen molar-refractivity contribution >= 4 is 23.9 Å². The van der Waals surface area contributed by atoms with E-state index in [1.807, 2.05) is 20.8 Å². The van der Waals surface area contributed by atoms with Crippen LogP contribution >= 0.6 is 0 Å². The van der Waals surface area contributed by atoms with E-state index in [1.54, 1.807) is 6.92 Å². The van der Waals surface area contributed by atoms with Crippen molar-refractivity contribution in [2.24, 2.45) is 5.41 Å². The van der Waals surface area contributed by atoms with Crippen LogP contribution in [-0.2, 0) is 0 Å². The van der Waals surface area contributed by atoms with Gasteiger partial charge in [-0.25, -0.2) is 0 Å². The Morgan fingerprint density at radius 3 is 1.50 bits per heavy atom. The van der Waals surface area contributed by atoms with Crippen molar-refractivity contribution in [2.75, 3.05) is 0 Å². The van der Waals surface area contributed by atoms with Gasteiger partial charge in [0.25, 0.3) is 0 Å². The van der Waals surface area contributed by atoms with Gasteiger partial charge in [0.2, 0.25) is 6.58 Å². The van der Waals surface area contributed by atoms with E-state index in [2.05, 4.69) is 0 Å². The Labute approximate surface area is 80.5 Å². The maximum Gasteiger partial charge on any atom is 0.204 e. The largest absolute Gasteiger partial charge is 0.381 e. The summed E-state index contributed by atoms with van der Waals surface area (Å²) in [6.45, 7) is 12.7. The molecular weight excluding hydrogens is 231 g/mol. The van der Waals surface area contributed by atoms with Gasteiger partial charge < -0.3 is 5.11 Å². The Bertz CT molecular complexity index is 111. The standard InChI is InChI=1S/C8H15O.Sn/c1-6-8(5,9)7(2,3)4;/h1,6,9H,2-5H3;/q+1;. The van der Waals surface area contributed by atoms with Gasteiger partial charge in [0.05, 0.1) is 0 Å². The molecule has 0 bridgehead atoms. The van der Waals surface area contributed by atoms with Gasteiger partial charge >= 0.3 is 0 Å². The zero-order valence-electron chi connectivity index (χ0n) is 7.10. The molecular formula is C8H15OSn+. The van der Waals surface area contributed by atoms with Gasteiger partial charge in [0.15, 0.2) is 6.08 Å². The number of hydrogen-bond acceptors (Lipinski definition) is 1. The van der Waals surface area contributed by atoms with Crippen LogP contribution in [0.15, 0.2) is 6.08 Å². The Morgan fingerprint density at radius 2 is 1.50 bits per heavy atom. The monoisotopic (exact) mass is 247 g/mol. The molecule has 0 aromatic carbocycles. The predicted molar refractivity (Wildman–Crippen MR) is 44.7 cm³/mol. The molecule has 2 heteroatoms. The van der Waals surface area contributed by atoms with Gasteiger partial charge in [-0.2, -0.15) is 0 Å². The van der Waals surface area contributed by atoms with Crippen LogP contribution in [0.5, 0.6) is 0 Å². The molecule has 0 saturated heterocycles. The first-order valence-electron chi connectivity index (χ1n) is 3.10. The second-order valence-electron chi connectivity index (χ2n) is 3.56. The second-order valence-corrected chi connectivity index (χ2v) is 3.56. The molecule has 56 valence electrons. The zero-order chi connectivity index (χ0) is 7.71. The van der Waals surface area contributed by atoms with Crippen LogP contribution in [0.2, 0.25) is 0 Å². The molecule has 1 unspecified atom stereocenters. The molecule has 10 heavy (non-hydrogen) atoms. The van der Waals surface area contributed by atoms with E-state index in [0.717, 1.165) is 0 Å². The quantitative estimate of drug-likeness (QED) is 0.547.